The molecule has 1 aliphatic carbocycles. The first-order valence-corrected chi connectivity index (χ1v) is 8.86. The van der Waals surface area contributed by atoms with E-state index in [1.54, 1.807) is 26.1 Å². The van der Waals surface area contributed by atoms with Gasteiger partial charge in [0.25, 0.3) is 0 Å². The van der Waals surface area contributed by atoms with E-state index in [9.17, 15) is 8.42 Å². The van der Waals surface area contributed by atoms with E-state index < -0.39 is 10.0 Å². The SMILES string of the molecule is Cc1cc(S(=O)(=O)N(C)CC2CCCCC2)ccc1C#N. The average molecular weight is 306 g/mol. The van der Waals surface area contributed by atoms with Crippen LogP contribution in [0.15, 0.2) is 23.1 Å². The van der Waals surface area contributed by atoms with Crippen molar-refractivity contribution in [3.63, 3.8) is 0 Å². The number of nitriles is 1. The van der Waals surface area contributed by atoms with Gasteiger partial charge in [-0.25, -0.2) is 12.7 Å². The lowest BCUT2D eigenvalue weighted by molar-refractivity contribution is 0.300. The van der Waals surface area contributed by atoms with Crippen LogP contribution in [0, 0.1) is 24.2 Å². The number of hydrogen-bond donors (Lipinski definition) is 0. The van der Waals surface area contributed by atoms with Crippen molar-refractivity contribution in [1.82, 2.24) is 4.31 Å². The first kappa shape index (κ1) is 16.0. The maximum atomic E-state index is 12.6. The molecular weight excluding hydrogens is 284 g/mol. The molecule has 0 N–H and O–H groups in total. The summed E-state index contributed by atoms with van der Waals surface area (Å²) in [7, 11) is -1.81. The van der Waals surface area contributed by atoms with Gasteiger partial charge in [0.1, 0.15) is 0 Å². The van der Waals surface area contributed by atoms with Gasteiger partial charge in [0.05, 0.1) is 16.5 Å². The highest BCUT2D eigenvalue weighted by Gasteiger charge is 2.25. The maximum absolute atomic E-state index is 12.6. The molecule has 0 bridgehead atoms. The number of aryl methyl sites for hydroxylation is 1. The van der Waals surface area contributed by atoms with Gasteiger partial charge in [-0.3, -0.25) is 0 Å². The van der Waals surface area contributed by atoms with Gasteiger partial charge in [-0.05, 0) is 49.4 Å². The van der Waals surface area contributed by atoms with Crippen LogP contribution < -0.4 is 0 Å². The summed E-state index contributed by atoms with van der Waals surface area (Å²) in [5, 5.41) is 8.93. The summed E-state index contributed by atoms with van der Waals surface area (Å²) in [5.74, 6) is 0.470. The van der Waals surface area contributed by atoms with Crippen LogP contribution in [0.5, 0.6) is 0 Å². The van der Waals surface area contributed by atoms with Crippen LogP contribution in [-0.4, -0.2) is 26.3 Å². The molecule has 0 atom stereocenters. The van der Waals surface area contributed by atoms with Crippen molar-refractivity contribution in [3.05, 3.63) is 29.3 Å². The molecule has 114 valence electrons. The van der Waals surface area contributed by atoms with E-state index in [1.165, 1.54) is 29.6 Å². The van der Waals surface area contributed by atoms with Gasteiger partial charge >= 0.3 is 0 Å². The van der Waals surface area contributed by atoms with Crippen molar-refractivity contribution in [3.8, 4) is 6.07 Å². The smallest absolute Gasteiger partial charge is 0.207 e. The number of sulfonamides is 1. The summed E-state index contributed by atoms with van der Waals surface area (Å²) in [6, 6.07) is 6.76. The van der Waals surface area contributed by atoms with Gasteiger partial charge in [-0.2, -0.15) is 5.26 Å². The Morgan fingerprint density at radius 2 is 1.95 bits per heavy atom. The van der Waals surface area contributed by atoms with Crippen molar-refractivity contribution in [2.24, 2.45) is 5.92 Å². The summed E-state index contributed by atoms with van der Waals surface area (Å²) in [4.78, 5) is 0.275. The fourth-order valence-electron chi connectivity index (χ4n) is 2.93. The van der Waals surface area contributed by atoms with Gasteiger partial charge < -0.3 is 0 Å². The molecule has 5 heteroatoms. The second kappa shape index (κ2) is 6.59. The summed E-state index contributed by atoms with van der Waals surface area (Å²) >= 11 is 0. The van der Waals surface area contributed by atoms with Crippen molar-refractivity contribution in [2.45, 2.75) is 43.9 Å². The molecule has 1 saturated carbocycles. The Morgan fingerprint density at radius 3 is 2.52 bits per heavy atom. The number of nitrogens with zero attached hydrogens (tertiary/aromatic N) is 2. The third kappa shape index (κ3) is 3.63. The van der Waals surface area contributed by atoms with Gasteiger partial charge in [0.2, 0.25) is 10.0 Å². The Labute approximate surface area is 127 Å². The maximum Gasteiger partial charge on any atom is 0.242 e. The molecule has 0 saturated heterocycles. The zero-order valence-electron chi connectivity index (χ0n) is 12.7. The topological polar surface area (TPSA) is 61.2 Å². The Kier molecular flexibility index (Phi) is 5.02. The van der Waals surface area contributed by atoms with E-state index in [1.807, 2.05) is 0 Å². The fourth-order valence-corrected chi connectivity index (χ4v) is 4.27. The normalized spacial score (nSPS) is 16.9. The highest BCUT2D eigenvalue weighted by atomic mass is 32.2. The molecule has 0 heterocycles. The molecule has 0 radical (unpaired) electrons. The first-order chi connectivity index (χ1) is 9.95. The van der Waals surface area contributed by atoms with Gasteiger partial charge in [0, 0.05) is 13.6 Å². The Morgan fingerprint density at radius 1 is 1.29 bits per heavy atom. The van der Waals surface area contributed by atoms with Gasteiger partial charge in [0.15, 0.2) is 0 Å². The lowest BCUT2D eigenvalue weighted by Crippen LogP contribution is -2.32. The molecule has 1 aliphatic rings. The lowest BCUT2D eigenvalue weighted by atomic mass is 9.89. The summed E-state index contributed by atoms with van der Waals surface area (Å²) in [6.45, 7) is 2.35. The molecule has 0 unspecified atom stereocenters. The third-order valence-corrected chi connectivity index (χ3v) is 6.09. The largest absolute Gasteiger partial charge is 0.242 e. The van der Waals surface area contributed by atoms with E-state index in [-0.39, 0.29) is 4.90 Å². The van der Waals surface area contributed by atoms with Crippen LogP contribution in [0.1, 0.15) is 43.2 Å². The van der Waals surface area contributed by atoms with Crippen LogP contribution in [-0.2, 0) is 10.0 Å². The van der Waals surface area contributed by atoms with E-state index in [4.69, 9.17) is 5.26 Å². The highest BCUT2D eigenvalue weighted by Crippen LogP contribution is 2.26. The van der Waals surface area contributed by atoms with E-state index in [0.717, 1.165) is 12.8 Å². The third-order valence-electron chi connectivity index (χ3n) is 4.27. The molecule has 0 amide bonds. The molecule has 2 rings (SSSR count). The van der Waals surface area contributed by atoms with Crippen LogP contribution in [0.4, 0.5) is 0 Å². The summed E-state index contributed by atoms with van der Waals surface area (Å²) in [6.07, 6.45) is 5.91. The first-order valence-electron chi connectivity index (χ1n) is 7.42. The second-order valence-corrected chi connectivity index (χ2v) is 7.92. The summed E-state index contributed by atoms with van der Waals surface area (Å²) < 4.78 is 26.7. The minimum absolute atomic E-state index is 0.275. The molecule has 0 aromatic heterocycles. The van der Waals surface area contributed by atoms with Crippen molar-refractivity contribution >= 4 is 10.0 Å². The number of hydrogen-bond acceptors (Lipinski definition) is 3. The fraction of sp³-hybridized carbons (Fsp3) is 0.562. The number of benzene rings is 1. The van der Waals surface area contributed by atoms with Crippen LogP contribution >= 0.6 is 0 Å². The molecule has 0 aliphatic heterocycles. The van der Waals surface area contributed by atoms with E-state index in [0.29, 0.717) is 23.6 Å². The Bertz CT molecular complexity index is 641. The minimum Gasteiger partial charge on any atom is -0.207 e. The number of rotatable bonds is 4. The van der Waals surface area contributed by atoms with Crippen LogP contribution in [0.3, 0.4) is 0 Å². The molecule has 1 fully saturated rings. The van der Waals surface area contributed by atoms with E-state index in [2.05, 4.69) is 6.07 Å². The standard InChI is InChI=1S/C16H22N2O2S/c1-13-10-16(9-8-15(13)11-17)21(19,20)18(2)12-14-6-4-3-5-7-14/h8-10,14H,3-7,12H2,1-2H3. The molecule has 4 nitrogen and oxygen atoms in total. The van der Waals surface area contributed by atoms with Crippen LogP contribution in [0.2, 0.25) is 0 Å². The molecular formula is C16H22N2O2S. The predicted octanol–water partition coefficient (Wildman–Crippen LogP) is 3.07. The quantitative estimate of drug-likeness (QED) is 0.859. The molecule has 0 spiro atoms. The zero-order chi connectivity index (χ0) is 15.5. The monoisotopic (exact) mass is 306 g/mol. The second-order valence-electron chi connectivity index (χ2n) is 5.88. The summed E-state index contributed by atoms with van der Waals surface area (Å²) in [5.41, 5.74) is 1.22. The van der Waals surface area contributed by atoms with Crippen molar-refractivity contribution in [2.75, 3.05) is 13.6 Å². The predicted molar refractivity (Wildman–Crippen MR) is 82.3 cm³/mol. The zero-order valence-corrected chi connectivity index (χ0v) is 13.5. The van der Waals surface area contributed by atoms with Crippen LogP contribution in [0.25, 0.3) is 0 Å². The van der Waals surface area contributed by atoms with Gasteiger partial charge in [-0.15, -0.1) is 0 Å². The average Bonchev–Trinajstić information content (AvgIpc) is 2.48. The molecule has 1 aromatic carbocycles. The molecule has 1 aromatic rings. The van der Waals surface area contributed by atoms with E-state index >= 15 is 0 Å². The molecule has 21 heavy (non-hydrogen) atoms. The van der Waals surface area contributed by atoms with Gasteiger partial charge in [-0.1, -0.05) is 19.3 Å². The van der Waals surface area contributed by atoms with Crippen molar-refractivity contribution in [1.29, 1.82) is 5.26 Å². The highest BCUT2D eigenvalue weighted by molar-refractivity contribution is 7.89. The Hall–Kier alpha value is -1.38. The lowest BCUT2D eigenvalue weighted by Gasteiger charge is -2.26. The Balaban J connectivity index is 2.16. The minimum atomic E-state index is -3.46. The van der Waals surface area contributed by atoms with Crippen molar-refractivity contribution < 1.29 is 8.42 Å².